The van der Waals surface area contributed by atoms with E-state index in [1.54, 1.807) is 12.1 Å². The Labute approximate surface area is 340 Å². The van der Waals surface area contributed by atoms with Crippen molar-refractivity contribution < 1.29 is 23.5 Å². The Morgan fingerprint density at radius 1 is 0.737 bits per heavy atom. The van der Waals surface area contributed by atoms with Crippen molar-refractivity contribution in [3.8, 4) is 12.1 Å². The Morgan fingerprint density at radius 2 is 1.14 bits per heavy atom. The summed E-state index contributed by atoms with van der Waals surface area (Å²) in [6.45, 7) is 11.2. The number of carbonyl (C=O) groups excluding carboxylic acids is 1. The minimum absolute atomic E-state index is 0.00923. The molecule has 0 saturated carbocycles. The van der Waals surface area contributed by atoms with Crippen LogP contribution in [0, 0.1) is 34.3 Å². The average Bonchev–Trinajstić information content (AvgIpc) is 3.79. The number of benzene rings is 4. The Morgan fingerprint density at radius 3 is 1.53 bits per heavy atom. The van der Waals surface area contributed by atoms with Gasteiger partial charge in [-0.3, -0.25) is 9.59 Å². The number of hydrogen-bond acceptors (Lipinski definition) is 7. The maximum atomic E-state index is 14.3. The van der Waals surface area contributed by atoms with Gasteiger partial charge in [-0.25, -0.2) is 18.7 Å². The van der Waals surface area contributed by atoms with Crippen molar-refractivity contribution in [3.05, 3.63) is 129 Å². The van der Waals surface area contributed by atoms with Gasteiger partial charge in [-0.2, -0.15) is 10.5 Å². The fourth-order valence-corrected chi connectivity index (χ4v) is 6.16. The Balaban J connectivity index is 0.000000209. The molecule has 0 bridgehead atoms. The van der Waals surface area contributed by atoms with Crippen molar-refractivity contribution in [2.24, 2.45) is 5.73 Å². The summed E-state index contributed by atoms with van der Waals surface area (Å²) in [6.07, 6.45) is 3.06. The fourth-order valence-electron chi connectivity index (χ4n) is 5.85. The number of hydrogen-bond donors (Lipinski definition) is 2. The molecule has 3 N–H and O–H groups in total. The smallest absolute Gasteiger partial charge is 0.323 e. The number of fused-ring (bicyclic) bond motifs is 2. The summed E-state index contributed by atoms with van der Waals surface area (Å²) in [5.74, 6) is -2.28. The number of nitriles is 2. The zero-order valence-corrected chi connectivity index (χ0v) is 33.9. The lowest BCUT2D eigenvalue weighted by atomic mass is 9.84. The first-order chi connectivity index (χ1) is 26.8. The number of ketones is 1. The van der Waals surface area contributed by atoms with E-state index in [1.807, 2.05) is 90.1 Å². The monoisotopic (exact) mass is 813 g/mol. The fraction of sp³-hybridized carbons (Fsp3) is 0.302. The van der Waals surface area contributed by atoms with Crippen molar-refractivity contribution >= 4 is 57.0 Å². The Kier molecular flexibility index (Phi) is 14.3. The van der Waals surface area contributed by atoms with Gasteiger partial charge in [-0.15, -0.1) is 0 Å². The number of aliphatic carboxylic acids is 1. The highest BCUT2D eigenvalue weighted by Crippen LogP contribution is 2.28. The van der Waals surface area contributed by atoms with E-state index in [-0.39, 0.29) is 51.9 Å². The first-order valence-electron chi connectivity index (χ1n) is 17.9. The second kappa shape index (κ2) is 18.5. The minimum atomic E-state index is -1.06. The molecule has 2 heterocycles. The van der Waals surface area contributed by atoms with E-state index in [9.17, 15) is 23.6 Å². The molecule has 0 aliphatic heterocycles. The molecule has 4 aromatic carbocycles. The molecule has 10 nitrogen and oxygen atoms in total. The van der Waals surface area contributed by atoms with E-state index in [4.69, 9.17) is 39.3 Å². The van der Waals surface area contributed by atoms with Crippen molar-refractivity contribution in [1.82, 2.24) is 19.1 Å². The van der Waals surface area contributed by atoms with Gasteiger partial charge in [-0.1, -0.05) is 78.7 Å². The van der Waals surface area contributed by atoms with Crippen LogP contribution in [0.25, 0.3) is 22.1 Å². The molecule has 14 heteroatoms. The predicted octanol–water partition coefficient (Wildman–Crippen LogP) is 9.81. The van der Waals surface area contributed by atoms with Gasteiger partial charge in [0.25, 0.3) is 0 Å². The van der Waals surface area contributed by atoms with Crippen LogP contribution < -0.4 is 5.73 Å². The second-order valence-corrected chi connectivity index (χ2v) is 15.6. The lowest BCUT2D eigenvalue weighted by molar-refractivity contribution is -0.137. The molecule has 2 aromatic heterocycles. The summed E-state index contributed by atoms with van der Waals surface area (Å²) in [7, 11) is 0. The first kappa shape index (κ1) is 44.1. The summed E-state index contributed by atoms with van der Waals surface area (Å²) in [4.78, 5) is 31.1. The van der Waals surface area contributed by atoms with E-state index in [2.05, 4.69) is 22.1 Å². The van der Waals surface area contributed by atoms with Gasteiger partial charge in [0.1, 0.15) is 17.6 Å². The molecular weight excluding hydrogens is 771 g/mol. The molecule has 57 heavy (non-hydrogen) atoms. The summed E-state index contributed by atoms with van der Waals surface area (Å²) in [5.41, 5.74) is 10.1. The molecule has 0 saturated heterocycles. The topological polar surface area (TPSA) is 164 Å². The number of carboxylic acid groups (broad SMARTS) is 1. The standard InChI is InChI=1S/C22H21ClFN3O.C12H16N2.C9H6ClFN2O2/c1-14(15-4-6-16(7-5-15)22(2,3)12-25)10-17(28)11-27-13-26-19-9-8-18(23)20(24)21(19)27;1-9(14)10-4-6-11(7-5-10)12(2,3)8-13;10-5-1-2-6-9(8(5)11)13(4-12-6)3-7(14)15/h4-9,13-14H,10-11H2,1-3H3;4-7,9H,14H2,1-3H3;1-2,4H,3H2,(H,14,15)/t14-;9-;/m10./s1. The minimum Gasteiger partial charge on any atom is -0.480 e. The van der Waals surface area contributed by atoms with Crippen LogP contribution in [0.5, 0.6) is 0 Å². The molecule has 2 atom stereocenters. The third-order valence-electron chi connectivity index (χ3n) is 9.45. The van der Waals surface area contributed by atoms with E-state index in [0.29, 0.717) is 17.5 Å². The normalized spacial score (nSPS) is 12.4. The molecule has 0 unspecified atom stereocenters. The third-order valence-corrected chi connectivity index (χ3v) is 10.0. The van der Waals surface area contributed by atoms with E-state index in [0.717, 1.165) is 22.3 Å². The summed E-state index contributed by atoms with van der Waals surface area (Å²) < 4.78 is 30.6. The quantitative estimate of drug-likeness (QED) is 0.138. The van der Waals surface area contributed by atoms with Crippen molar-refractivity contribution in [2.45, 2.75) is 83.8 Å². The zero-order valence-electron chi connectivity index (χ0n) is 32.4. The Hall–Kier alpha value is -5.66. The van der Waals surface area contributed by atoms with Crippen LogP contribution in [0.2, 0.25) is 10.0 Å². The highest BCUT2D eigenvalue weighted by atomic mass is 35.5. The maximum absolute atomic E-state index is 14.3. The summed E-state index contributed by atoms with van der Waals surface area (Å²) in [6, 6.07) is 26.3. The summed E-state index contributed by atoms with van der Waals surface area (Å²) in [5, 5.41) is 26.8. The number of Topliss-reactive ketones (excluding diaryl/α,β-unsaturated/α-hetero) is 1. The number of carboxylic acids is 1. The Bertz CT molecular complexity index is 2460. The van der Waals surface area contributed by atoms with Gasteiger partial charge in [0.2, 0.25) is 0 Å². The van der Waals surface area contributed by atoms with Crippen LogP contribution >= 0.6 is 23.2 Å². The molecule has 6 rings (SSSR count). The first-order valence-corrected chi connectivity index (χ1v) is 18.6. The highest BCUT2D eigenvalue weighted by molar-refractivity contribution is 6.31. The van der Waals surface area contributed by atoms with Crippen molar-refractivity contribution in [2.75, 3.05) is 0 Å². The van der Waals surface area contributed by atoms with Crippen LogP contribution in [-0.4, -0.2) is 36.0 Å². The SMILES string of the molecule is C[C@H](CC(=O)Cn1cnc2ccc(Cl)c(F)c21)c1ccc(C(C)(C)C#N)cc1.C[C@H](N)c1ccc(C(C)(C)C#N)cc1.O=C(O)Cn1cnc2ccc(Cl)c(F)c21. The van der Waals surface area contributed by atoms with Gasteiger partial charge in [0.15, 0.2) is 17.4 Å². The van der Waals surface area contributed by atoms with Crippen LogP contribution in [0.15, 0.2) is 85.5 Å². The lowest BCUT2D eigenvalue weighted by Crippen LogP contribution is -2.14. The van der Waals surface area contributed by atoms with Crippen LogP contribution in [0.4, 0.5) is 8.78 Å². The van der Waals surface area contributed by atoms with Crippen molar-refractivity contribution in [3.63, 3.8) is 0 Å². The number of imidazole rings is 2. The predicted molar refractivity (Wildman–Crippen MR) is 218 cm³/mol. The number of carbonyl (C=O) groups is 2. The molecule has 0 aliphatic rings. The number of nitrogens with zero attached hydrogens (tertiary/aromatic N) is 6. The largest absolute Gasteiger partial charge is 0.480 e. The summed E-state index contributed by atoms with van der Waals surface area (Å²) >= 11 is 11.4. The lowest BCUT2D eigenvalue weighted by Gasteiger charge is -2.17. The number of nitrogens with two attached hydrogens (primary N) is 1. The van der Waals surface area contributed by atoms with Crippen LogP contribution in [-0.2, 0) is 33.5 Å². The third kappa shape index (κ3) is 10.8. The molecule has 0 spiro atoms. The molecule has 0 fully saturated rings. The molecule has 0 amide bonds. The van der Waals surface area contributed by atoms with Crippen LogP contribution in [0.3, 0.4) is 0 Å². The van der Waals surface area contributed by atoms with Crippen LogP contribution in [0.1, 0.15) is 82.2 Å². The van der Waals surface area contributed by atoms with Gasteiger partial charge >= 0.3 is 5.97 Å². The van der Waals surface area contributed by atoms with E-state index >= 15 is 0 Å². The number of aromatic nitrogens is 4. The molecule has 296 valence electrons. The molecule has 0 radical (unpaired) electrons. The zero-order chi connectivity index (χ0) is 42.2. The highest BCUT2D eigenvalue weighted by Gasteiger charge is 2.22. The molecule has 6 aromatic rings. The number of rotatable bonds is 10. The van der Waals surface area contributed by atoms with Gasteiger partial charge in [-0.05, 0) is 87.1 Å². The molecule has 0 aliphatic carbocycles. The molecular formula is C43H43Cl2F2N7O3. The van der Waals surface area contributed by atoms with Gasteiger partial charge in [0, 0.05) is 12.5 Å². The maximum Gasteiger partial charge on any atom is 0.323 e. The second-order valence-electron chi connectivity index (χ2n) is 14.7. The van der Waals surface area contributed by atoms with Gasteiger partial charge in [0.05, 0.1) is 63.2 Å². The van der Waals surface area contributed by atoms with Gasteiger partial charge < -0.3 is 20.0 Å². The van der Waals surface area contributed by atoms with Crippen molar-refractivity contribution in [1.29, 1.82) is 10.5 Å². The van der Waals surface area contributed by atoms with E-state index in [1.165, 1.54) is 33.9 Å². The average molecular weight is 815 g/mol. The number of halogens is 4. The van der Waals surface area contributed by atoms with E-state index < -0.39 is 28.4 Å².